The Morgan fingerprint density at radius 2 is 1.65 bits per heavy atom. The van der Waals surface area contributed by atoms with Crippen molar-refractivity contribution in [1.82, 2.24) is 15.1 Å². The summed E-state index contributed by atoms with van der Waals surface area (Å²) in [7, 11) is 4.13. The van der Waals surface area contributed by atoms with Crippen molar-refractivity contribution in [2.24, 2.45) is 11.8 Å². The predicted octanol–water partition coefficient (Wildman–Crippen LogP) is 4.71. The molecule has 3 aromatic rings. The van der Waals surface area contributed by atoms with E-state index in [1.54, 1.807) is 0 Å². The number of para-hydroxylation sites is 1. The summed E-state index contributed by atoms with van der Waals surface area (Å²) < 4.78 is 17.5. The van der Waals surface area contributed by atoms with E-state index in [1.165, 1.54) is 6.42 Å². The van der Waals surface area contributed by atoms with Gasteiger partial charge in [0.05, 0.1) is 13.2 Å². The molecule has 0 amide bonds. The Bertz CT molecular complexity index is 925. The van der Waals surface area contributed by atoms with Gasteiger partial charge in [-0.2, -0.15) is 0 Å². The smallest absolute Gasteiger partial charge is 0.247 e. The Labute approximate surface area is 184 Å². The van der Waals surface area contributed by atoms with Crippen molar-refractivity contribution in [1.29, 1.82) is 0 Å². The molecule has 0 aliphatic heterocycles. The van der Waals surface area contributed by atoms with Crippen molar-refractivity contribution in [3.05, 3.63) is 60.5 Å². The van der Waals surface area contributed by atoms with E-state index in [-0.39, 0.29) is 0 Å². The van der Waals surface area contributed by atoms with Crippen LogP contribution in [0.15, 0.2) is 59.0 Å². The zero-order valence-corrected chi connectivity index (χ0v) is 18.4. The Kier molecular flexibility index (Phi) is 7.20. The molecule has 0 saturated heterocycles. The first-order valence-corrected chi connectivity index (χ1v) is 11.1. The quantitative estimate of drug-likeness (QED) is 0.395. The minimum atomic E-state index is 0.568. The number of aromatic nitrogens is 2. The average Bonchev–Trinajstić information content (AvgIpc) is 3.34. The van der Waals surface area contributed by atoms with Crippen LogP contribution in [-0.2, 0) is 6.42 Å². The summed E-state index contributed by atoms with van der Waals surface area (Å²) in [6, 6.07) is 17.8. The zero-order valence-electron chi connectivity index (χ0n) is 18.4. The van der Waals surface area contributed by atoms with Gasteiger partial charge in [0, 0.05) is 18.5 Å². The van der Waals surface area contributed by atoms with Gasteiger partial charge in [-0.1, -0.05) is 18.2 Å². The third-order valence-corrected chi connectivity index (χ3v) is 5.59. The number of rotatable bonds is 12. The molecule has 31 heavy (non-hydrogen) atoms. The molecule has 1 fully saturated rings. The first-order chi connectivity index (χ1) is 15.2. The van der Waals surface area contributed by atoms with Gasteiger partial charge in [-0.15, -0.1) is 10.2 Å². The van der Waals surface area contributed by atoms with Crippen molar-refractivity contribution in [2.75, 3.05) is 33.9 Å². The van der Waals surface area contributed by atoms with Crippen molar-refractivity contribution in [2.45, 2.75) is 25.7 Å². The molecule has 1 unspecified atom stereocenters. The van der Waals surface area contributed by atoms with Crippen molar-refractivity contribution in [3.8, 4) is 23.0 Å². The van der Waals surface area contributed by atoms with Crippen molar-refractivity contribution >= 4 is 0 Å². The minimum absolute atomic E-state index is 0.568. The molecule has 0 bridgehead atoms. The highest BCUT2D eigenvalue weighted by Crippen LogP contribution is 2.43. The van der Waals surface area contributed by atoms with Gasteiger partial charge in [-0.05, 0) is 81.6 Å². The van der Waals surface area contributed by atoms with E-state index >= 15 is 0 Å². The lowest BCUT2D eigenvalue weighted by molar-refractivity contribution is 0.281. The standard InChI is InChI=1S/C25H31N3O3/c1-28(2)14-6-15-29-23-11-9-19(10-12-23)25-27-26-24(31-25)18-21-17-20(21)13-16-30-22-7-4-3-5-8-22/h3-5,7-12,20-21H,6,13-18H2,1-2H3/t20?,21-/m1/s1. The molecule has 2 atom stereocenters. The first-order valence-electron chi connectivity index (χ1n) is 11.1. The van der Waals surface area contributed by atoms with Crippen LogP contribution in [0.3, 0.4) is 0 Å². The fourth-order valence-corrected chi connectivity index (χ4v) is 3.70. The van der Waals surface area contributed by atoms with E-state index in [2.05, 4.69) is 29.2 Å². The topological polar surface area (TPSA) is 60.6 Å². The Morgan fingerprint density at radius 3 is 2.42 bits per heavy atom. The van der Waals surface area contributed by atoms with Crippen LogP contribution in [0.2, 0.25) is 0 Å². The fourth-order valence-electron chi connectivity index (χ4n) is 3.70. The summed E-state index contributed by atoms with van der Waals surface area (Å²) in [5, 5.41) is 8.48. The normalized spacial score (nSPS) is 17.6. The average molecular weight is 422 g/mol. The van der Waals surface area contributed by atoms with Gasteiger partial charge in [0.15, 0.2) is 0 Å². The van der Waals surface area contributed by atoms with Gasteiger partial charge in [-0.3, -0.25) is 0 Å². The van der Waals surface area contributed by atoms with Crippen molar-refractivity contribution < 1.29 is 13.9 Å². The van der Waals surface area contributed by atoms with Crippen LogP contribution >= 0.6 is 0 Å². The molecular formula is C25H31N3O3. The van der Waals surface area contributed by atoms with Crippen LogP contribution in [0.4, 0.5) is 0 Å². The van der Waals surface area contributed by atoms with Crippen LogP contribution in [-0.4, -0.2) is 49.0 Å². The highest BCUT2D eigenvalue weighted by Gasteiger charge is 2.37. The second-order valence-corrected chi connectivity index (χ2v) is 8.44. The molecular weight excluding hydrogens is 390 g/mol. The lowest BCUT2D eigenvalue weighted by Gasteiger charge is -2.10. The van der Waals surface area contributed by atoms with E-state index in [9.17, 15) is 0 Å². The first kappa shape index (κ1) is 21.4. The lowest BCUT2D eigenvalue weighted by Crippen LogP contribution is -2.15. The Morgan fingerprint density at radius 1 is 0.903 bits per heavy atom. The van der Waals surface area contributed by atoms with Crippen LogP contribution in [0.1, 0.15) is 25.2 Å². The zero-order chi connectivity index (χ0) is 21.5. The van der Waals surface area contributed by atoms with Gasteiger partial charge >= 0.3 is 0 Å². The Hall–Kier alpha value is -2.86. The van der Waals surface area contributed by atoms with Crippen LogP contribution < -0.4 is 9.47 Å². The van der Waals surface area contributed by atoms with Gasteiger partial charge < -0.3 is 18.8 Å². The van der Waals surface area contributed by atoms with Crippen molar-refractivity contribution in [3.63, 3.8) is 0 Å². The van der Waals surface area contributed by atoms with Crippen LogP contribution in [0.5, 0.6) is 11.5 Å². The molecule has 1 heterocycles. The summed E-state index contributed by atoms with van der Waals surface area (Å²) in [6.45, 7) is 2.48. The highest BCUT2D eigenvalue weighted by atomic mass is 16.5. The minimum Gasteiger partial charge on any atom is -0.494 e. The summed E-state index contributed by atoms with van der Waals surface area (Å²) >= 11 is 0. The molecule has 2 aromatic carbocycles. The summed E-state index contributed by atoms with van der Waals surface area (Å²) in [5.41, 5.74) is 0.919. The molecule has 1 aliphatic carbocycles. The molecule has 6 nitrogen and oxygen atoms in total. The Balaban J connectivity index is 1.19. The summed E-state index contributed by atoms with van der Waals surface area (Å²) in [5.74, 6) is 4.38. The van der Waals surface area contributed by atoms with Crippen LogP contribution in [0.25, 0.3) is 11.5 Å². The largest absolute Gasteiger partial charge is 0.494 e. The molecule has 0 spiro atoms. The molecule has 0 radical (unpaired) electrons. The van der Waals surface area contributed by atoms with E-state index in [0.717, 1.165) is 55.4 Å². The van der Waals surface area contributed by atoms with E-state index in [0.29, 0.717) is 24.3 Å². The molecule has 1 aliphatic rings. The van der Waals surface area contributed by atoms with Gasteiger partial charge in [0.2, 0.25) is 11.8 Å². The fraction of sp³-hybridized carbons (Fsp3) is 0.440. The van der Waals surface area contributed by atoms with E-state index in [4.69, 9.17) is 13.9 Å². The second-order valence-electron chi connectivity index (χ2n) is 8.44. The maximum atomic E-state index is 5.91. The molecule has 0 N–H and O–H groups in total. The second kappa shape index (κ2) is 10.4. The van der Waals surface area contributed by atoms with E-state index < -0.39 is 0 Å². The monoisotopic (exact) mass is 421 g/mol. The molecule has 1 saturated carbocycles. The van der Waals surface area contributed by atoms with Gasteiger partial charge in [-0.25, -0.2) is 0 Å². The summed E-state index contributed by atoms with van der Waals surface area (Å²) in [6.07, 6.45) is 4.12. The number of nitrogens with zero attached hydrogens (tertiary/aromatic N) is 3. The molecule has 1 aromatic heterocycles. The molecule has 6 heteroatoms. The lowest BCUT2D eigenvalue weighted by atomic mass is 10.2. The number of benzene rings is 2. The van der Waals surface area contributed by atoms with Gasteiger partial charge in [0.25, 0.3) is 0 Å². The SMILES string of the molecule is CN(C)CCCOc1ccc(-c2nnc(C[C@H]3CC3CCOc3ccccc3)o2)cc1. The number of hydrogen-bond acceptors (Lipinski definition) is 6. The molecule has 4 rings (SSSR count). The van der Waals surface area contributed by atoms with Crippen LogP contribution in [0, 0.1) is 11.8 Å². The number of ether oxygens (including phenoxy) is 2. The van der Waals surface area contributed by atoms with E-state index in [1.807, 2.05) is 54.6 Å². The predicted molar refractivity (Wildman–Crippen MR) is 120 cm³/mol. The third kappa shape index (κ3) is 6.56. The number of hydrogen-bond donors (Lipinski definition) is 0. The molecule has 164 valence electrons. The highest BCUT2D eigenvalue weighted by molar-refractivity contribution is 5.53. The maximum Gasteiger partial charge on any atom is 0.247 e. The maximum absolute atomic E-state index is 5.91. The summed E-state index contributed by atoms with van der Waals surface area (Å²) in [4.78, 5) is 2.15. The third-order valence-electron chi connectivity index (χ3n) is 5.59. The van der Waals surface area contributed by atoms with Gasteiger partial charge in [0.1, 0.15) is 11.5 Å².